The third-order valence-electron chi connectivity index (χ3n) is 3.33. The van der Waals surface area contributed by atoms with Crippen LogP contribution in [0.1, 0.15) is 24.1 Å². The molecule has 0 radical (unpaired) electrons. The van der Waals surface area contributed by atoms with E-state index in [0.29, 0.717) is 5.56 Å². The van der Waals surface area contributed by atoms with Crippen LogP contribution in [0.25, 0.3) is 6.08 Å². The minimum atomic E-state index is -0.461. The smallest absolute Gasteiger partial charge is 0.244 e. The molecule has 0 aromatic heterocycles. The summed E-state index contributed by atoms with van der Waals surface area (Å²) in [5, 5.41) is 2.87. The summed E-state index contributed by atoms with van der Waals surface area (Å²) < 4.78 is 19.4. The molecule has 0 unspecified atom stereocenters. The van der Waals surface area contributed by atoms with Gasteiger partial charge < -0.3 is 10.1 Å². The summed E-state index contributed by atoms with van der Waals surface area (Å²) in [6.07, 6.45) is 2.94. The fourth-order valence-corrected chi connectivity index (χ4v) is 2.75. The van der Waals surface area contributed by atoms with Crippen LogP contribution in [0.5, 0.6) is 5.75 Å². The zero-order valence-corrected chi connectivity index (χ0v) is 14.4. The number of carbonyl (C=O) groups is 1. The second kappa shape index (κ2) is 7.92. The van der Waals surface area contributed by atoms with Gasteiger partial charge in [0.05, 0.1) is 13.2 Å². The zero-order chi connectivity index (χ0) is 16.8. The van der Waals surface area contributed by atoms with Crippen molar-refractivity contribution >= 4 is 27.9 Å². The van der Waals surface area contributed by atoms with Gasteiger partial charge in [-0.1, -0.05) is 40.2 Å². The summed E-state index contributed by atoms with van der Waals surface area (Å²) >= 11 is 3.46. The molecule has 2 aromatic rings. The molecule has 0 heterocycles. The molecule has 3 nitrogen and oxygen atoms in total. The first kappa shape index (κ1) is 17.2. The van der Waals surface area contributed by atoms with Crippen molar-refractivity contribution in [3.63, 3.8) is 0 Å². The van der Waals surface area contributed by atoms with Crippen molar-refractivity contribution in [2.24, 2.45) is 0 Å². The Morgan fingerprint density at radius 3 is 2.70 bits per heavy atom. The number of methoxy groups -OCH3 is 1. The molecule has 0 spiro atoms. The molecule has 1 N–H and O–H groups in total. The first-order chi connectivity index (χ1) is 11.0. The third-order valence-corrected chi connectivity index (χ3v) is 4.06. The van der Waals surface area contributed by atoms with Crippen LogP contribution in [0.4, 0.5) is 4.39 Å². The molecule has 1 amide bonds. The molecule has 0 aliphatic heterocycles. The van der Waals surface area contributed by atoms with Gasteiger partial charge in [0.15, 0.2) is 11.6 Å². The number of rotatable bonds is 5. The first-order valence-electron chi connectivity index (χ1n) is 7.08. The van der Waals surface area contributed by atoms with Crippen LogP contribution < -0.4 is 10.1 Å². The van der Waals surface area contributed by atoms with Crippen LogP contribution in [0, 0.1) is 5.82 Å². The van der Waals surface area contributed by atoms with E-state index in [2.05, 4.69) is 21.2 Å². The predicted molar refractivity (Wildman–Crippen MR) is 92.7 cm³/mol. The molecule has 0 saturated carbocycles. The number of carbonyl (C=O) groups excluding carboxylic acids is 1. The van der Waals surface area contributed by atoms with Crippen LogP contribution in [0.3, 0.4) is 0 Å². The minimum absolute atomic E-state index is 0.143. The molecule has 1 atom stereocenters. The van der Waals surface area contributed by atoms with E-state index >= 15 is 0 Å². The van der Waals surface area contributed by atoms with Crippen molar-refractivity contribution in [1.82, 2.24) is 5.32 Å². The van der Waals surface area contributed by atoms with E-state index in [1.807, 2.05) is 31.2 Å². The lowest BCUT2D eigenvalue weighted by Crippen LogP contribution is -2.24. The molecular weight excluding hydrogens is 361 g/mol. The van der Waals surface area contributed by atoms with Gasteiger partial charge in [-0.3, -0.25) is 4.79 Å². The number of nitrogens with one attached hydrogen (secondary N) is 1. The number of hydrogen-bond donors (Lipinski definition) is 1. The van der Waals surface area contributed by atoms with E-state index in [-0.39, 0.29) is 17.7 Å². The van der Waals surface area contributed by atoms with Crippen LogP contribution in [0.15, 0.2) is 53.0 Å². The molecular formula is C18H17BrFNO2. The third kappa shape index (κ3) is 4.66. The number of benzene rings is 2. The Hall–Kier alpha value is -2.14. The van der Waals surface area contributed by atoms with Crippen LogP contribution in [-0.4, -0.2) is 13.0 Å². The van der Waals surface area contributed by atoms with Crippen molar-refractivity contribution in [3.05, 3.63) is 70.0 Å². The van der Waals surface area contributed by atoms with Gasteiger partial charge in [-0.15, -0.1) is 0 Å². The van der Waals surface area contributed by atoms with Crippen molar-refractivity contribution in [2.75, 3.05) is 7.11 Å². The van der Waals surface area contributed by atoms with Gasteiger partial charge in [0.2, 0.25) is 5.91 Å². The topological polar surface area (TPSA) is 38.3 Å². The van der Waals surface area contributed by atoms with E-state index in [0.717, 1.165) is 10.0 Å². The van der Waals surface area contributed by atoms with Crippen LogP contribution >= 0.6 is 15.9 Å². The molecule has 0 aliphatic carbocycles. The molecule has 120 valence electrons. The van der Waals surface area contributed by atoms with Gasteiger partial charge in [-0.25, -0.2) is 4.39 Å². The lowest BCUT2D eigenvalue weighted by Gasteiger charge is -2.14. The zero-order valence-electron chi connectivity index (χ0n) is 12.8. The standard InChI is InChI=1S/C18H17BrFNO2/c1-12(14-5-3-4-6-15(14)19)21-18(22)10-8-13-7-9-17(23-2)16(20)11-13/h3-12H,1-2H3,(H,21,22)/b10-8+/t12-/m0/s1. The van der Waals surface area contributed by atoms with Gasteiger partial charge in [-0.2, -0.15) is 0 Å². The van der Waals surface area contributed by atoms with Gasteiger partial charge in [0.1, 0.15) is 0 Å². The molecule has 0 aliphatic rings. The second-order valence-corrected chi connectivity index (χ2v) is 5.83. The Labute approximate surface area is 143 Å². The van der Waals surface area contributed by atoms with Gasteiger partial charge in [0.25, 0.3) is 0 Å². The average Bonchev–Trinajstić information content (AvgIpc) is 2.53. The highest BCUT2D eigenvalue weighted by Gasteiger charge is 2.10. The summed E-state index contributed by atoms with van der Waals surface area (Å²) in [4.78, 5) is 12.0. The molecule has 0 saturated heterocycles. The fourth-order valence-electron chi connectivity index (χ4n) is 2.12. The fraction of sp³-hybridized carbons (Fsp3) is 0.167. The Morgan fingerprint density at radius 1 is 1.30 bits per heavy atom. The van der Waals surface area contributed by atoms with Crippen molar-refractivity contribution in [1.29, 1.82) is 0 Å². The summed E-state index contributed by atoms with van der Waals surface area (Å²) in [6, 6.07) is 12.1. The maximum atomic E-state index is 13.6. The Morgan fingerprint density at radius 2 is 2.04 bits per heavy atom. The van der Waals surface area contributed by atoms with E-state index in [4.69, 9.17) is 4.74 Å². The normalized spacial score (nSPS) is 12.2. The maximum absolute atomic E-state index is 13.6. The quantitative estimate of drug-likeness (QED) is 0.779. The molecule has 5 heteroatoms. The van der Waals surface area contributed by atoms with Gasteiger partial charge in [0, 0.05) is 10.5 Å². The highest BCUT2D eigenvalue weighted by atomic mass is 79.9. The predicted octanol–water partition coefficient (Wildman–Crippen LogP) is 4.49. The van der Waals surface area contributed by atoms with Crippen molar-refractivity contribution in [3.8, 4) is 5.75 Å². The molecule has 0 bridgehead atoms. The van der Waals surface area contributed by atoms with E-state index in [1.54, 1.807) is 12.1 Å². The largest absolute Gasteiger partial charge is 0.494 e. The molecule has 2 aromatic carbocycles. The van der Waals surface area contributed by atoms with Crippen LogP contribution in [0.2, 0.25) is 0 Å². The van der Waals surface area contributed by atoms with Gasteiger partial charge >= 0.3 is 0 Å². The first-order valence-corrected chi connectivity index (χ1v) is 7.87. The maximum Gasteiger partial charge on any atom is 0.244 e. The average molecular weight is 378 g/mol. The molecule has 0 fully saturated rings. The lowest BCUT2D eigenvalue weighted by atomic mass is 10.1. The summed E-state index contributed by atoms with van der Waals surface area (Å²) in [7, 11) is 1.41. The Bertz CT molecular complexity index is 731. The Kier molecular flexibility index (Phi) is 5.93. The highest BCUT2D eigenvalue weighted by molar-refractivity contribution is 9.10. The summed E-state index contributed by atoms with van der Waals surface area (Å²) in [5.74, 6) is -0.532. The van der Waals surface area contributed by atoms with E-state index in [9.17, 15) is 9.18 Å². The molecule has 23 heavy (non-hydrogen) atoms. The van der Waals surface area contributed by atoms with Gasteiger partial charge in [-0.05, 0) is 42.3 Å². The monoisotopic (exact) mass is 377 g/mol. The second-order valence-electron chi connectivity index (χ2n) is 4.98. The van der Waals surface area contributed by atoms with Crippen LogP contribution in [-0.2, 0) is 4.79 Å². The number of amides is 1. The summed E-state index contributed by atoms with van der Waals surface area (Å²) in [5.41, 5.74) is 1.58. The Balaban J connectivity index is 2.02. The number of ether oxygens (including phenoxy) is 1. The van der Waals surface area contributed by atoms with E-state index in [1.165, 1.54) is 25.3 Å². The minimum Gasteiger partial charge on any atom is -0.494 e. The summed E-state index contributed by atoms with van der Waals surface area (Å²) in [6.45, 7) is 1.90. The van der Waals surface area contributed by atoms with Crippen molar-refractivity contribution in [2.45, 2.75) is 13.0 Å². The number of halogens is 2. The molecule has 2 rings (SSSR count). The SMILES string of the molecule is COc1ccc(/C=C/C(=O)N[C@@H](C)c2ccccc2Br)cc1F. The lowest BCUT2D eigenvalue weighted by molar-refractivity contribution is -0.117. The van der Waals surface area contributed by atoms with E-state index < -0.39 is 5.82 Å². The number of hydrogen-bond acceptors (Lipinski definition) is 2. The highest BCUT2D eigenvalue weighted by Crippen LogP contribution is 2.22. The van der Waals surface area contributed by atoms with Crippen molar-refractivity contribution < 1.29 is 13.9 Å².